The summed E-state index contributed by atoms with van der Waals surface area (Å²) < 4.78 is 31.6. The largest absolute Gasteiger partial charge is 0.481 e. The maximum absolute atomic E-state index is 13.4. The predicted molar refractivity (Wildman–Crippen MR) is 81.0 cm³/mol. The summed E-state index contributed by atoms with van der Waals surface area (Å²) in [6, 6.07) is 6.19. The number of pyridine rings is 1. The van der Waals surface area contributed by atoms with Gasteiger partial charge in [-0.1, -0.05) is 6.07 Å². The molecule has 0 atom stereocenters. The monoisotopic (exact) mass is 321 g/mol. The van der Waals surface area contributed by atoms with Crippen LogP contribution >= 0.6 is 0 Å². The normalized spacial score (nSPS) is 10.3. The van der Waals surface area contributed by atoms with E-state index in [1.165, 1.54) is 7.11 Å². The molecule has 7 heteroatoms. The predicted octanol–water partition coefficient (Wildman–Crippen LogP) is 2.68. The minimum Gasteiger partial charge on any atom is -0.481 e. The second-order valence-corrected chi connectivity index (χ2v) is 4.89. The quantitative estimate of drug-likeness (QED) is 0.890. The molecule has 1 heterocycles. The molecule has 122 valence electrons. The minimum absolute atomic E-state index is 0.0785. The van der Waals surface area contributed by atoms with Gasteiger partial charge in [-0.25, -0.2) is 18.6 Å². The highest BCUT2D eigenvalue weighted by Gasteiger charge is 2.09. The highest BCUT2D eigenvalue weighted by molar-refractivity contribution is 5.73. The van der Waals surface area contributed by atoms with Crippen LogP contribution in [0.4, 0.5) is 13.6 Å². The summed E-state index contributed by atoms with van der Waals surface area (Å²) in [5.41, 5.74) is 1.59. The maximum Gasteiger partial charge on any atom is 0.315 e. The van der Waals surface area contributed by atoms with Crippen molar-refractivity contribution in [1.29, 1.82) is 0 Å². The summed E-state index contributed by atoms with van der Waals surface area (Å²) in [6.07, 6.45) is 0. The summed E-state index contributed by atoms with van der Waals surface area (Å²) in [7, 11) is 1.50. The summed E-state index contributed by atoms with van der Waals surface area (Å²) >= 11 is 0. The number of carbonyl (C=O) groups excluding carboxylic acids is 1. The fraction of sp³-hybridized carbons (Fsp3) is 0.250. The number of urea groups is 1. The number of rotatable bonds is 5. The standard InChI is InChI=1S/C16H17F2N3O2/c1-10-3-4-11(15(21-10)23-2)8-19-16(22)20-9-12-7-13(17)5-6-14(12)18/h3-7H,8-9H2,1-2H3,(H2,19,20,22). The number of aryl methyl sites for hydroxylation is 1. The first-order chi connectivity index (χ1) is 11.0. The van der Waals surface area contributed by atoms with Crippen molar-refractivity contribution < 1.29 is 18.3 Å². The van der Waals surface area contributed by atoms with Crippen LogP contribution in [0.15, 0.2) is 30.3 Å². The van der Waals surface area contributed by atoms with Crippen LogP contribution in [0.3, 0.4) is 0 Å². The molecule has 2 aromatic rings. The van der Waals surface area contributed by atoms with E-state index in [-0.39, 0.29) is 18.7 Å². The van der Waals surface area contributed by atoms with E-state index in [4.69, 9.17) is 4.74 Å². The molecule has 1 aromatic carbocycles. The molecule has 0 bridgehead atoms. The van der Waals surface area contributed by atoms with Crippen molar-refractivity contribution in [3.63, 3.8) is 0 Å². The van der Waals surface area contributed by atoms with Gasteiger partial charge in [0.2, 0.25) is 5.88 Å². The summed E-state index contributed by atoms with van der Waals surface area (Å²) in [5, 5.41) is 5.08. The van der Waals surface area contributed by atoms with Crippen molar-refractivity contribution in [2.24, 2.45) is 0 Å². The number of ether oxygens (including phenoxy) is 1. The van der Waals surface area contributed by atoms with E-state index in [9.17, 15) is 13.6 Å². The fourth-order valence-electron chi connectivity index (χ4n) is 1.97. The highest BCUT2D eigenvalue weighted by atomic mass is 19.1. The third-order valence-corrected chi connectivity index (χ3v) is 3.16. The first kappa shape index (κ1) is 16.7. The molecule has 2 rings (SSSR count). The molecule has 2 N–H and O–H groups in total. The molecular formula is C16H17F2N3O2. The van der Waals surface area contributed by atoms with Gasteiger partial charge < -0.3 is 15.4 Å². The second kappa shape index (κ2) is 7.53. The Kier molecular flexibility index (Phi) is 5.46. The molecule has 0 saturated heterocycles. The topological polar surface area (TPSA) is 63.2 Å². The lowest BCUT2D eigenvalue weighted by Crippen LogP contribution is -2.34. The SMILES string of the molecule is COc1nc(C)ccc1CNC(=O)NCc1cc(F)ccc1F. The van der Waals surface area contributed by atoms with E-state index in [1.807, 2.05) is 6.92 Å². The molecule has 0 aliphatic rings. The molecule has 0 fully saturated rings. The number of aromatic nitrogens is 1. The summed E-state index contributed by atoms with van der Waals surface area (Å²) in [6.45, 7) is 1.92. The molecule has 0 saturated carbocycles. The van der Waals surface area contributed by atoms with Crippen LogP contribution in [0.1, 0.15) is 16.8 Å². The first-order valence-electron chi connectivity index (χ1n) is 6.95. The first-order valence-corrected chi connectivity index (χ1v) is 6.95. The van der Waals surface area contributed by atoms with Crippen molar-refractivity contribution in [2.75, 3.05) is 7.11 Å². The molecular weight excluding hydrogens is 304 g/mol. The lowest BCUT2D eigenvalue weighted by atomic mass is 10.2. The van der Waals surface area contributed by atoms with Crippen LogP contribution < -0.4 is 15.4 Å². The van der Waals surface area contributed by atoms with E-state index < -0.39 is 17.7 Å². The Morgan fingerprint density at radius 3 is 2.52 bits per heavy atom. The van der Waals surface area contributed by atoms with Gasteiger partial charge in [-0.3, -0.25) is 0 Å². The van der Waals surface area contributed by atoms with Crippen LogP contribution in [0.5, 0.6) is 5.88 Å². The van der Waals surface area contributed by atoms with E-state index >= 15 is 0 Å². The molecule has 2 amide bonds. The van der Waals surface area contributed by atoms with Crippen molar-refractivity contribution in [2.45, 2.75) is 20.0 Å². The van der Waals surface area contributed by atoms with Crippen LogP contribution in [0.25, 0.3) is 0 Å². The summed E-state index contributed by atoms with van der Waals surface area (Å²) in [4.78, 5) is 16.0. The van der Waals surface area contributed by atoms with Crippen LogP contribution in [-0.4, -0.2) is 18.1 Å². The number of hydrogen-bond acceptors (Lipinski definition) is 3. The van der Waals surface area contributed by atoms with Crippen molar-refractivity contribution in [3.8, 4) is 5.88 Å². The molecule has 0 spiro atoms. The lowest BCUT2D eigenvalue weighted by Gasteiger charge is -2.11. The van der Waals surface area contributed by atoms with Gasteiger partial charge in [0.15, 0.2) is 0 Å². The number of nitrogens with one attached hydrogen (secondary N) is 2. The minimum atomic E-state index is -0.573. The number of hydrogen-bond donors (Lipinski definition) is 2. The third-order valence-electron chi connectivity index (χ3n) is 3.16. The fourth-order valence-corrected chi connectivity index (χ4v) is 1.97. The molecule has 0 radical (unpaired) electrons. The second-order valence-electron chi connectivity index (χ2n) is 4.89. The van der Waals surface area contributed by atoms with Gasteiger partial charge in [-0.2, -0.15) is 0 Å². The van der Waals surface area contributed by atoms with Crippen molar-refractivity contribution in [1.82, 2.24) is 15.6 Å². The molecule has 0 aliphatic carbocycles. The molecule has 5 nitrogen and oxygen atoms in total. The Hall–Kier alpha value is -2.70. The Morgan fingerprint density at radius 2 is 1.83 bits per heavy atom. The Morgan fingerprint density at radius 1 is 1.13 bits per heavy atom. The van der Waals surface area contributed by atoms with Gasteiger partial charge in [-0.15, -0.1) is 0 Å². The highest BCUT2D eigenvalue weighted by Crippen LogP contribution is 2.15. The van der Waals surface area contributed by atoms with Gasteiger partial charge >= 0.3 is 6.03 Å². The Bertz CT molecular complexity index is 708. The maximum atomic E-state index is 13.4. The molecule has 0 aliphatic heterocycles. The number of carbonyl (C=O) groups is 1. The van der Waals surface area contributed by atoms with Gasteiger partial charge in [0.05, 0.1) is 7.11 Å². The zero-order valence-corrected chi connectivity index (χ0v) is 12.8. The third kappa shape index (κ3) is 4.64. The lowest BCUT2D eigenvalue weighted by molar-refractivity contribution is 0.240. The average molecular weight is 321 g/mol. The zero-order chi connectivity index (χ0) is 16.8. The number of benzene rings is 1. The van der Waals surface area contributed by atoms with Crippen LogP contribution in [0.2, 0.25) is 0 Å². The average Bonchev–Trinajstić information content (AvgIpc) is 2.54. The van der Waals surface area contributed by atoms with Crippen molar-refractivity contribution >= 4 is 6.03 Å². The van der Waals surface area contributed by atoms with Gasteiger partial charge in [0.1, 0.15) is 11.6 Å². The number of methoxy groups -OCH3 is 1. The van der Waals surface area contributed by atoms with E-state index in [1.54, 1.807) is 12.1 Å². The molecule has 1 aromatic heterocycles. The molecule has 23 heavy (non-hydrogen) atoms. The number of nitrogens with zero attached hydrogens (tertiary/aromatic N) is 1. The van der Waals surface area contributed by atoms with E-state index in [0.29, 0.717) is 11.4 Å². The summed E-state index contributed by atoms with van der Waals surface area (Å²) in [5.74, 6) is -0.698. The number of halogens is 2. The van der Waals surface area contributed by atoms with Gasteiger partial charge in [0, 0.05) is 29.9 Å². The van der Waals surface area contributed by atoms with Crippen molar-refractivity contribution in [3.05, 3.63) is 58.8 Å². The van der Waals surface area contributed by atoms with Crippen LogP contribution in [0, 0.1) is 18.6 Å². The van der Waals surface area contributed by atoms with E-state index in [0.717, 1.165) is 23.9 Å². The smallest absolute Gasteiger partial charge is 0.315 e. The zero-order valence-electron chi connectivity index (χ0n) is 12.8. The van der Waals surface area contributed by atoms with Gasteiger partial charge in [-0.05, 0) is 31.2 Å². The van der Waals surface area contributed by atoms with E-state index in [2.05, 4.69) is 15.6 Å². The van der Waals surface area contributed by atoms with Gasteiger partial charge in [0.25, 0.3) is 0 Å². The molecule has 0 unspecified atom stereocenters. The Labute approximate surface area is 132 Å². The Balaban J connectivity index is 1.89. The number of amides is 2. The van der Waals surface area contributed by atoms with Crippen LogP contribution in [-0.2, 0) is 13.1 Å².